The molecule has 118 valence electrons. The van der Waals surface area contributed by atoms with E-state index in [1.165, 1.54) is 29.2 Å². The second-order valence-electron chi connectivity index (χ2n) is 5.01. The average Bonchev–Trinajstić information content (AvgIpc) is 2.54. The van der Waals surface area contributed by atoms with Crippen molar-refractivity contribution in [2.75, 3.05) is 7.05 Å². The first kappa shape index (κ1) is 16.2. The van der Waals surface area contributed by atoms with Crippen LogP contribution >= 0.6 is 0 Å². The highest BCUT2D eigenvalue weighted by molar-refractivity contribution is 6.04. The smallest absolute Gasteiger partial charge is 0.336 e. The van der Waals surface area contributed by atoms with E-state index in [4.69, 9.17) is 10.2 Å². The first-order chi connectivity index (χ1) is 10.9. The molecular weight excluding hydrogens is 298 g/mol. The molecule has 6 nitrogen and oxygen atoms in total. The van der Waals surface area contributed by atoms with E-state index in [2.05, 4.69) is 0 Å². The summed E-state index contributed by atoms with van der Waals surface area (Å²) in [4.78, 5) is 35.8. The molecule has 0 fully saturated rings. The van der Waals surface area contributed by atoms with Crippen LogP contribution in [0.4, 0.5) is 0 Å². The van der Waals surface area contributed by atoms with Crippen LogP contribution in [0, 0.1) is 0 Å². The van der Waals surface area contributed by atoms with Gasteiger partial charge in [-0.15, -0.1) is 0 Å². The van der Waals surface area contributed by atoms with E-state index >= 15 is 0 Å². The third kappa shape index (κ3) is 3.74. The van der Waals surface area contributed by atoms with E-state index in [-0.39, 0.29) is 23.2 Å². The summed E-state index contributed by atoms with van der Waals surface area (Å²) in [6, 6.07) is 12.2. The summed E-state index contributed by atoms with van der Waals surface area (Å²) in [7, 11) is 1.56. The average molecular weight is 313 g/mol. The lowest BCUT2D eigenvalue weighted by atomic mass is 10.1. The van der Waals surface area contributed by atoms with Crippen LogP contribution in [0.25, 0.3) is 0 Å². The number of rotatable bonds is 5. The molecule has 0 unspecified atom stereocenters. The Morgan fingerprint density at radius 1 is 0.870 bits per heavy atom. The number of benzene rings is 2. The number of amides is 1. The Kier molecular flexibility index (Phi) is 4.75. The number of hydrogen-bond donors (Lipinski definition) is 2. The molecule has 0 aromatic heterocycles. The zero-order valence-electron chi connectivity index (χ0n) is 12.4. The van der Waals surface area contributed by atoms with Gasteiger partial charge in [0.2, 0.25) is 0 Å². The van der Waals surface area contributed by atoms with Gasteiger partial charge in [0.1, 0.15) is 0 Å². The van der Waals surface area contributed by atoms with Crippen molar-refractivity contribution in [2.24, 2.45) is 0 Å². The summed E-state index contributed by atoms with van der Waals surface area (Å²) in [5.41, 5.74) is 0.979. The number of carboxylic acids is 2. The fraction of sp³-hybridized carbons (Fsp3) is 0.118. The van der Waals surface area contributed by atoms with Crippen LogP contribution in [-0.4, -0.2) is 40.0 Å². The molecule has 2 aromatic carbocycles. The van der Waals surface area contributed by atoms with Gasteiger partial charge in [0, 0.05) is 13.6 Å². The van der Waals surface area contributed by atoms with E-state index in [0.717, 1.165) is 5.56 Å². The molecule has 0 saturated heterocycles. The lowest BCUT2D eigenvalue weighted by Gasteiger charge is -2.18. The van der Waals surface area contributed by atoms with E-state index < -0.39 is 17.8 Å². The summed E-state index contributed by atoms with van der Waals surface area (Å²) in [6.07, 6.45) is 0. The molecule has 0 heterocycles. The molecule has 0 radical (unpaired) electrons. The van der Waals surface area contributed by atoms with Gasteiger partial charge < -0.3 is 15.1 Å². The summed E-state index contributed by atoms with van der Waals surface area (Å²) >= 11 is 0. The number of carboxylic acid groups (broad SMARTS) is 2. The monoisotopic (exact) mass is 313 g/mol. The van der Waals surface area contributed by atoms with Gasteiger partial charge in [-0.1, -0.05) is 24.3 Å². The van der Waals surface area contributed by atoms with Crippen molar-refractivity contribution in [1.82, 2.24) is 4.90 Å². The minimum Gasteiger partial charge on any atom is -0.478 e. The van der Waals surface area contributed by atoms with Gasteiger partial charge in [-0.2, -0.15) is 0 Å². The maximum absolute atomic E-state index is 12.4. The highest BCUT2D eigenvalue weighted by Gasteiger charge is 2.19. The molecule has 2 aromatic rings. The molecule has 6 heteroatoms. The first-order valence-electron chi connectivity index (χ1n) is 6.80. The van der Waals surface area contributed by atoms with Gasteiger partial charge in [-0.05, 0) is 29.8 Å². The lowest BCUT2D eigenvalue weighted by molar-refractivity contribution is 0.0678. The predicted molar refractivity (Wildman–Crippen MR) is 82.6 cm³/mol. The molecule has 0 aliphatic heterocycles. The zero-order valence-corrected chi connectivity index (χ0v) is 12.4. The van der Waals surface area contributed by atoms with Crippen molar-refractivity contribution in [1.29, 1.82) is 0 Å². The molecule has 2 N–H and O–H groups in total. The summed E-state index contributed by atoms with van der Waals surface area (Å²) in [5, 5.41) is 18.0. The molecule has 23 heavy (non-hydrogen) atoms. The molecule has 0 bridgehead atoms. The van der Waals surface area contributed by atoms with Gasteiger partial charge in [0.05, 0.1) is 16.7 Å². The van der Waals surface area contributed by atoms with Crippen molar-refractivity contribution >= 4 is 17.8 Å². The molecular formula is C17H15NO5. The Labute approximate surface area is 132 Å². The molecule has 0 aliphatic rings. The van der Waals surface area contributed by atoms with Crippen molar-refractivity contribution in [3.8, 4) is 0 Å². The first-order valence-corrected chi connectivity index (χ1v) is 6.80. The number of hydrogen-bond acceptors (Lipinski definition) is 3. The van der Waals surface area contributed by atoms with Crippen LogP contribution in [0.5, 0.6) is 0 Å². The fourth-order valence-corrected chi connectivity index (χ4v) is 2.16. The summed E-state index contributed by atoms with van der Waals surface area (Å²) < 4.78 is 0. The molecule has 0 atom stereocenters. The number of carbonyl (C=O) groups excluding carboxylic acids is 1. The van der Waals surface area contributed by atoms with Crippen LogP contribution in [0.15, 0.2) is 48.5 Å². The third-order valence-electron chi connectivity index (χ3n) is 3.36. The van der Waals surface area contributed by atoms with Crippen molar-refractivity contribution in [2.45, 2.75) is 6.54 Å². The number of nitrogens with zero attached hydrogens (tertiary/aromatic N) is 1. The predicted octanol–water partition coefficient (Wildman–Crippen LogP) is 2.36. The topological polar surface area (TPSA) is 94.9 Å². The zero-order chi connectivity index (χ0) is 17.0. The fourth-order valence-electron chi connectivity index (χ4n) is 2.16. The minimum atomic E-state index is -1.16. The Hall–Kier alpha value is -3.15. The second kappa shape index (κ2) is 6.74. The Morgan fingerprint density at radius 2 is 1.43 bits per heavy atom. The molecule has 0 aliphatic carbocycles. The Bertz CT molecular complexity index is 752. The van der Waals surface area contributed by atoms with Crippen molar-refractivity contribution in [3.05, 3.63) is 70.8 Å². The van der Waals surface area contributed by atoms with Crippen LogP contribution in [0.1, 0.15) is 36.6 Å². The van der Waals surface area contributed by atoms with E-state index in [0.29, 0.717) is 0 Å². The van der Waals surface area contributed by atoms with Gasteiger partial charge in [-0.3, -0.25) is 4.79 Å². The van der Waals surface area contributed by atoms with Gasteiger partial charge in [0.15, 0.2) is 0 Å². The van der Waals surface area contributed by atoms with Gasteiger partial charge in [0.25, 0.3) is 5.91 Å². The number of aromatic carboxylic acids is 2. The van der Waals surface area contributed by atoms with Crippen LogP contribution < -0.4 is 0 Å². The minimum absolute atomic E-state index is 0.0504. The third-order valence-corrected chi connectivity index (χ3v) is 3.36. The molecule has 0 saturated carbocycles. The number of carbonyl (C=O) groups is 3. The largest absolute Gasteiger partial charge is 0.478 e. The highest BCUT2D eigenvalue weighted by Crippen LogP contribution is 2.14. The van der Waals surface area contributed by atoms with Crippen molar-refractivity contribution in [3.63, 3.8) is 0 Å². The quantitative estimate of drug-likeness (QED) is 0.883. The standard InChI is InChI=1S/C17H15NO5/c1-18(10-11-6-8-12(9-7-11)16(20)21)15(19)13-4-2-3-5-14(13)17(22)23/h2-9H,10H2,1H3,(H,20,21)(H,22,23). The SMILES string of the molecule is CN(Cc1ccc(C(=O)O)cc1)C(=O)c1ccccc1C(=O)O. The van der Waals surface area contributed by atoms with Gasteiger partial charge in [-0.25, -0.2) is 9.59 Å². The maximum Gasteiger partial charge on any atom is 0.336 e. The second-order valence-corrected chi connectivity index (χ2v) is 5.01. The summed E-state index contributed by atoms with van der Waals surface area (Å²) in [6.45, 7) is 0.243. The van der Waals surface area contributed by atoms with E-state index in [9.17, 15) is 14.4 Å². The Balaban J connectivity index is 2.17. The Morgan fingerprint density at radius 3 is 1.96 bits per heavy atom. The van der Waals surface area contributed by atoms with E-state index in [1.807, 2.05) is 0 Å². The van der Waals surface area contributed by atoms with Crippen molar-refractivity contribution < 1.29 is 24.6 Å². The van der Waals surface area contributed by atoms with Crippen LogP contribution in [-0.2, 0) is 6.54 Å². The van der Waals surface area contributed by atoms with E-state index in [1.54, 1.807) is 31.3 Å². The maximum atomic E-state index is 12.4. The molecule has 2 rings (SSSR count). The molecule has 0 spiro atoms. The normalized spacial score (nSPS) is 10.1. The van der Waals surface area contributed by atoms with Crippen LogP contribution in [0.2, 0.25) is 0 Å². The molecule has 1 amide bonds. The lowest BCUT2D eigenvalue weighted by Crippen LogP contribution is -2.27. The highest BCUT2D eigenvalue weighted by atomic mass is 16.4. The summed E-state index contributed by atoms with van der Waals surface area (Å²) in [5.74, 6) is -2.59. The van der Waals surface area contributed by atoms with Crippen LogP contribution in [0.3, 0.4) is 0 Å². The van der Waals surface area contributed by atoms with Gasteiger partial charge >= 0.3 is 11.9 Å².